The molecule has 72 valence electrons. The van der Waals surface area contributed by atoms with Gasteiger partial charge in [0.05, 0.1) is 23.8 Å². The van der Waals surface area contributed by atoms with Gasteiger partial charge in [0.2, 0.25) is 0 Å². The van der Waals surface area contributed by atoms with E-state index < -0.39 is 23.0 Å². The SMILES string of the molecule is Fc1ccc(F)c(-c2cnc[nH]2)c1F. The van der Waals surface area contributed by atoms with Gasteiger partial charge in [-0.25, -0.2) is 18.2 Å². The second kappa shape index (κ2) is 3.17. The third kappa shape index (κ3) is 1.26. The molecule has 0 saturated carbocycles. The van der Waals surface area contributed by atoms with E-state index in [0.717, 1.165) is 12.1 Å². The Labute approximate surface area is 77.4 Å². The van der Waals surface area contributed by atoms with Crippen molar-refractivity contribution in [3.8, 4) is 11.3 Å². The van der Waals surface area contributed by atoms with Gasteiger partial charge in [0, 0.05) is 0 Å². The molecule has 0 aliphatic rings. The molecule has 1 heterocycles. The molecule has 0 aliphatic heterocycles. The first-order valence-electron chi connectivity index (χ1n) is 3.82. The van der Waals surface area contributed by atoms with Crippen molar-refractivity contribution in [2.45, 2.75) is 0 Å². The zero-order valence-electron chi connectivity index (χ0n) is 6.89. The van der Waals surface area contributed by atoms with E-state index in [-0.39, 0.29) is 5.69 Å². The van der Waals surface area contributed by atoms with E-state index in [4.69, 9.17) is 0 Å². The van der Waals surface area contributed by atoms with E-state index >= 15 is 0 Å². The van der Waals surface area contributed by atoms with Crippen LogP contribution in [0.25, 0.3) is 11.3 Å². The molecule has 1 aromatic carbocycles. The maximum absolute atomic E-state index is 13.2. The summed E-state index contributed by atoms with van der Waals surface area (Å²) in [6.45, 7) is 0. The summed E-state index contributed by atoms with van der Waals surface area (Å²) in [6, 6.07) is 1.61. The molecule has 0 aliphatic carbocycles. The van der Waals surface area contributed by atoms with Crippen molar-refractivity contribution in [1.82, 2.24) is 9.97 Å². The van der Waals surface area contributed by atoms with Crippen molar-refractivity contribution in [1.29, 1.82) is 0 Å². The lowest BCUT2D eigenvalue weighted by Gasteiger charge is -2.02. The Morgan fingerprint density at radius 2 is 1.79 bits per heavy atom. The van der Waals surface area contributed by atoms with Crippen molar-refractivity contribution in [3.63, 3.8) is 0 Å². The van der Waals surface area contributed by atoms with E-state index in [1.54, 1.807) is 0 Å². The number of benzene rings is 1. The van der Waals surface area contributed by atoms with Crippen LogP contribution in [0.4, 0.5) is 13.2 Å². The normalized spacial score (nSPS) is 10.5. The largest absolute Gasteiger partial charge is 0.344 e. The highest BCUT2D eigenvalue weighted by atomic mass is 19.2. The van der Waals surface area contributed by atoms with Gasteiger partial charge in [0.15, 0.2) is 11.6 Å². The Kier molecular flexibility index (Phi) is 1.99. The second-order valence-electron chi connectivity index (χ2n) is 2.68. The summed E-state index contributed by atoms with van der Waals surface area (Å²) < 4.78 is 39.1. The monoisotopic (exact) mass is 198 g/mol. The Morgan fingerprint density at radius 3 is 2.43 bits per heavy atom. The zero-order valence-corrected chi connectivity index (χ0v) is 6.89. The van der Waals surface area contributed by atoms with Gasteiger partial charge in [0.1, 0.15) is 5.82 Å². The summed E-state index contributed by atoms with van der Waals surface area (Å²) in [6.07, 6.45) is 2.49. The number of hydrogen-bond donors (Lipinski definition) is 1. The van der Waals surface area contributed by atoms with Gasteiger partial charge in [-0.2, -0.15) is 0 Å². The van der Waals surface area contributed by atoms with Crippen LogP contribution in [0.3, 0.4) is 0 Å². The molecule has 2 nitrogen and oxygen atoms in total. The lowest BCUT2D eigenvalue weighted by molar-refractivity contribution is 0.498. The topological polar surface area (TPSA) is 28.7 Å². The van der Waals surface area contributed by atoms with Crippen LogP contribution in [0, 0.1) is 17.5 Å². The number of nitrogens with zero attached hydrogens (tertiary/aromatic N) is 1. The van der Waals surface area contributed by atoms with Gasteiger partial charge in [0.25, 0.3) is 0 Å². The van der Waals surface area contributed by atoms with Crippen LogP contribution in [0.1, 0.15) is 0 Å². The summed E-state index contributed by atoms with van der Waals surface area (Å²) >= 11 is 0. The van der Waals surface area contributed by atoms with E-state index in [1.165, 1.54) is 12.5 Å². The van der Waals surface area contributed by atoms with Gasteiger partial charge in [-0.15, -0.1) is 0 Å². The summed E-state index contributed by atoms with van der Waals surface area (Å²) in [4.78, 5) is 6.10. The van der Waals surface area contributed by atoms with Crippen molar-refractivity contribution >= 4 is 0 Å². The van der Waals surface area contributed by atoms with Crippen LogP contribution in [0.2, 0.25) is 0 Å². The number of halogens is 3. The number of imidazole rings is 1. The number of H-pyrrole nitrogens is 1. The predicted molar refractivity (Wildman–Crippen MR) is 43.9 cm³/mol. The minimum absolute atomic E-state index is 0.111. The van der Waals surface area contributed by atoms with E-state index in [2.05, 4.69) is 9.97 Å². The molecule has 0 fully saturated rings. The minimum atomic E-state index is -1.21. The van der Waals surface area contributed by atoms with Gasteiger partial charge < -0.3 is 4.98 Å². The molecule has 0 amide bonds. The lowest BCUT2D eigenvalue weighted by atomic mass is 10.1. The van der Waals surface area contributed by atoms with Crippen molar-refractivity contribution in [3.05, 3.63) is 42.1 Å². The van der Waals surface area contributed by atoms with Crippen LogP contribution in [0.15, 0.2) is 24.7 Å². The molecular weight excluding hydrogens is 193 g/mol. The average molecular weight is 198 g/mol. The Hall–Kier alpha value is -1.78. The smallest absolute Gasteiger partial charge is 0.171 e. The van der Waals surface area contributed by atoms with Crippen LogP contribution >= 0.6 is 0 Å². The van der Waals surface area contributed by atoms with Crippen molar-refractivity contribution in [2.75, 3.05) is 0 Å². The number of aromatic amines is 1. The third-order valence-corrected chi connectivity index (χ3v) is 1.81. The van der Waals surface area contributed by atoms with Crippen LogP contribution in [0.5, 0.6) is 0 Å². The minimum Gasteiger partial charge on any atom is -0.344 e. The summed E-state index contributed by atoms with van der Waals surface area (Å²) in [5.74, 6) is -3.13. The second-order valence-corrected chi connectivity index (χ2v) is 2.68. The number of hydrogen-bond acceptors (Lipinski definition) is 1. The fraction of sp³-hybridized carbons (Fsp3) is 0. The highest BCUT2D eigenvalue weighted by Crippen LogP contribution is 2.25. The molecular formula is C9H5F3N2. The number of nitrogens with one attached hydrogen (secondary N) is 1. The number of aromatic nitrogens is 2. The highest BCUT2D eigenvalue weighted by molar-refractivity contribution is 5.59. The molecule has 0 spiro atoms. The predicted octanol–water partition coefficient (Wildman–Crippen LogP) is 2.49. The average Bonchev–Trinajstić information content (AvgIpc) is 2.65. The van der Waals surface area contributed by atoms with Crippen LogP contribution in [-0.2, 0) is 0 Å². The summed E-state index contributed by atoms with van der Waals surface area (Å²) in [7, 11) is 0. The van der Waals surface area contributed by atoms with Crippen molar-refractivity contribution < 1.29 is 13.2 Å². The first-order valence-corrected chi connectivity index (χ1v) is 3.82. The molecule has 0 unspecified atom stereocenters. The Bertz CT molecular complexity index is 451. The Morgan fingerprint density at radius 1 is 1.07 bits per heavy atom. The fourth-order valence-electron chi connectivity index (χ4n) is 1.17. The van der Waals surface area contributed by atoms with Gasteiger partial charge >= 0.3 is 0 Å². The van der Waals surface area contributed by atoms with Crippen LogP contribution < -0.4 is 0 Å². The maximum Gasteiger partial charge on any atom is 0.171 e. The molecule has 0 bridgehead atoms. The van der Waals surface area contributed by atoms with Gasteiger partial charge in [-0.05, 0) is 12.1 Å². The maximum atomic E-state index is 13.2. The number of rotatable bonds is 1. The molecule has 14 heavy (non-hydrogen) atoms. The molecule has 0 radical (unpaired) electrons. The van der Waals surface area contributed by atoms with Crippen molar-refractivity contribution in [2.24, 2.45) is 0 Å². The molecule has 0 atom stereocenters. The standard InChI is InChI=1S/C9H5F3N2/c10-5-1-2-6(11)9(12)8(5)7-3-13-4-14-7/h1-4H,(H,13,14). The van der Waals surface area contributed by atoms with E-state index in [9.17, 15) is 13.2 Å². The van der Waals surface area contributed by atoms with Crippen LogP contribution in [-0.4, -0.2) is 9.97 Å². The van der Waals surface area contributed by atoms with E-state index in [0.29, 0.717) is 0 Å². The molecule has 1 aromatic heterocycles. The van der Waals surface area contributed by atoms with E-state index in [1.807, 2.05) is 0 Å². The summed E-state index contributed by atoms with van der Waals surface area (Å²) in [5, 5.41) is 0. The first kappa shape index (κ1) is 8.80. The molecule has 1 N–H and O–H groups in total. The molecule has 5 heteroatoms. The zero-order chi connectivity index (χ0) is 10.1. The summed E-state index contributed by atoms with van der Waals surface area (Å²) in [5.41, 5.74) is -0.318. The quantitative estimate of drug-likeness (QED) is 0.700. The first-order chi connectivity index (χ1) is 6.70. The third-order valence-electron chi connectivity index (χ3n) is 1.81. The molecule has 2 rings (SSSR count). The Balaban J connectivity index is 2.69. The highest BCUT2D eigenvalue weighted by Gasteiger charge is 2.16. The molecule has 0 saturated heterocycles. The fourth-order valence-corrected chi connectivity index (χ4v) is 1.17. The van der Waals surface area contributed by atoms with Gasteiger partial charge in [-0.3, -0.25) is 0 Å². The molecule has 2 aromatic rings. The van der Waals surface area contributed by atoms with Gasteiger partial charge in [-0.1, -0.05) is 0 Å². The lowest BCUT2D eigenvalue weighted by Crippen LogP contribution is -1.93.